The second kappa shape index (κ2) is 6.60. The lowest BCUT2D eigenvalue weighted by Gasteiger charge is -2.10. The molecule has 0 aliphatic heterocycles. The number of nitrogens with zero attached hydrogens (tertiary/aromatic N) is 2. The minimum atomic E-state index is 0.450. The van der Waals surface area contributed by atoms with Crippen LogP contribution < -0.4 is 19.5 Å². The van der Waals surface area contributed by atoms with Crippen molar-refractivity contribution < 1.29 is 14.2 Å². The van der Waals surface area contributed by atoms with Gasteiger partial charge in [0.15, 0.2) is 0 Å². The van der Waals surface area contributed by atoms with Crippen LogP contribution in [0.3, 0.4) is 0 Å². The van der Waals surface area contributed by atoms with Crippen LogP contribution >= 0.6 is 0 Å². The summed E-state index contributed by atoms with van der Waals surface area (Å²) in [4.78, 5) is 8.33. The Bertz CT molecular complexity index is 553. The summed E-state index contributed by atoms with van der Waals surface area (Å²) in [5, 5.41) is 3.03. The predicted octanol–water partition coefficient (Wildman–Crippen LogP) is 2.72. The van der Waals surface area contributed by atoms with E-state index in [2.05, 4.69) is 15.3 Å². The van der Waals surface area contributed by atoms with Gasteiger partial charge in [-0.2, -0.15) is 4.98 Å². The Morgan fingerprint density at radius 2 is 1.70 bits per heavy atom. The first-order valence-electron chi connectivity index (χ1n) is 6.23. The first kappa shape index (κ1) is 13.9. The van der Waals surface area contributed by atoms with Gasteiger partial charge < -0.3 is 19.5 Å². The summed E-state index contributed by atoms with van der Waals surface area (Å²) in [7, 11) is 3.18. The Morgan fingerprint density at radius 3 is 2.30 bits per heavy atom. The van der Waals surface area contributed by atoms with Gasteiger partial charge in [0.1, 0.15) is 17.2 Å². The Hall–Kier alpha value is -2.50. The minimum absolute atomic E-state index is 0.450. The molecule has 0 atom stereocenters. The van der Waals surface area contributed by atoms with Gasteiger partial charge in [-0.05, 0) is 6.92 Å². The molecule has 0 saturated heterocycles. The van der Waals surface area contributed by atoms with Gasteiger partial charge in [-0.15, -0.1) is 0 Å². The quantitative estimate of drug-likeness (QED) is 0.874. The summed E-state index contributed by atoms with van der Waals surface area (Å²) < 4.78 is 16.1. The highest BCUT2D eigenvalue weighted by molar-refractivity contribution is 5.43. The molecule has 2 rings (SSSR count). The van der Waals surface area contributed by atoms with E-state index < -0.39 is 0 Å². The lowest BCUT2D eigenvalue weighted by molar-refractivity contribution is 0.385. The van der Waals surface area contributed by atoms with E-state index in [9.17, 15) is 0 Å². The first-order chi connectivity index (χ1) is 9.75. The summed E-state index contributed by atoms with van der Waals surface area (Å²) >= 11 is 0. The van der Waals surface area contributed by atoms with E-state index in [-0.39, 0.29) is 0 Å². The monoisotopic (exact) mass is 275 g/mol. The van der Waals surface area contributed by atoms with Gasteiger partial charge in [-0.1, -0.05) is 0 Å². The summed E-state index contributed by atoms with van der Waals surface area (Å²) in [5.74, 6) is 2.87. The van der Waals surface area contributed by atoms with E-state index in [4.69, 9.17) is 14.2 Å². The standard InChI is InChI=1S/C14H17N3O3/c1-4-15-14-16-6-5-13(17-14)20-12-8-10(18-2)7-11(9-12)19-3/h5-9H,4H2,1-3H3,(H,15,16,17). The second-order valence-electron chi connectivity index (χ2n) is 3.90. The van der Waals surface area contributed by atoms with Crippen LogP contribution in [0.15, 0.2) is 30.5 Å². The maximum absolute atomic E-state index is 5.70. The molecule has 106 valence electrons. The third kappa shape index (κ3) is 3.50. The highest BCUT2D eigenvalue weighted by atomic mass is 16.5. The molecule has 0 aliphatic rings. The number of benzene rings is 1. The largest absolute Gasteiger partial charge is 0.496 e. The number of nitrogens with one attached hydrogen (secondary N) is 1. The molecule has 0 saturated carbocycles. The zero-order valence-corrected chi connectivity index (χ0v) is 11.7. The van der Waals surface area contributed by atoms with E-state index in [1.54, 1.807) is 44.7 Å². The minimum Gasteiger partial charge on any atom is -0.496 e. The molecule has 0 radical (unpaired) electrons. The fourth-order valence-corrected chi connectivity index (χ4v) is 1.60. The van der Waals surface area contributed by atoms with Crippen molar-refractivity contribution >= 4 is 5.95 Å². The van der Waals surface area contributed by atoms with E-state index in [0.29, 0.717) is 29.1 Å². The molecule has 0 bridgehead atoms. The summed E-state index contributed by atoms with van der Waals surface area (Å²) in [6, 6.07) is 6.98. The number of methoxy groups -OCH3 is 2. The van der Waals surface area contributed by atoms with E-state index in [0.717, 1.165) is 6.54 Å². The average Bonchev–Trinajstić information content (AvgIpc) is 2.47. The molecular formula is C14H17N3O3. The number of hydrogen-bond donors (Lipinski definition) is 1. The molecule has 1 aromatic carbocycles. The molecule has 6 nitrogen and oxygen atoms in total. The predicted molar refractivity (Wildman–Crippen MR) is 75.8 cm³/mol. The molecule has 0 spiro atoms. The zero-order chi connectivity index (χ0) is 14.4. The van der Waals surface area contributed by atoms with Crippen LogP contribution in [0.2, 0.25) is 0 Å². The van der Waals surface area contributed by atoms with Crippen molar-refractivity contribution in [1.82, 2.24) is 9.97 Å². The number of hydrogen-bond acceptors (Lipinski definition) is 6. The fraction of sp³-hybridized carbons (Fsp3) is 0.286. The van der Waals surface area contributed by atoms with Gasteiger partial charge in [-0.3, -0.25) is 0 Å². The van der Waals surface area contributed by atoms with Gasteiger partial charge in [0.2, 0.25) is 11.8 Å². The van der Waals surface area contributed by atoms with Crippen LogP contribution in [0.5, 0.6) is 23.1 Å². The Morgan fingerprint density at radius 1 is 1.05 bits per heavy atom. The third-order valence-electron chi connectivity index (χ3n) is 2.51. The van der Waals surface area contributed by atoms with E-state index >= 15 is 0 Å². The topological polar surface area (TPSA) is 65.5 Å². The lowest BCUT2D eigenvalue weighted by atomic mass is 10.3. The molecule has 0 unspecified atom stereocenters. The van der Waals surface area contributed by atoms with Crippen LogP contribution in [0.25, 0.3) is 0 Å². The van der Waals surface area contributed by atoms with Crippen LogP contribution in [-0.2, 0) is 0 Å². The maximum atomic E-state index is 5.70. The average molecular weight is 275 g/mol. The van der Waals surface area contributed by atoms with Gasteiger partial charge in [0.25, 0.3) is 0 Å². The summed E-state index contributed by atoms with van der Waals surface area (Å²) in [5.41, 5.74) is 0. The maximum Gasteiger partial charge on any atom is 0.225 e. The van der Waals surface area contributed by atoms with Crippen molar-refractivity contribution in [2.24, 2.45) is 0 Å². The molecule has 1 N–H and O–H groups in total. The van der Waals surface area contributed by atoms with Gasteiger partial charge in [0, 0.05) is 37.0 Å². The van der Waals surface area contributed by atoms with E-state index in [1.165, 1.54) is 0 Å². The lowest BCUT2D eigenvalue weighted by Crippen LogP contribution is -2.02. The molecule has 6 heteroatoms. The molecule has 1 aromatic heterocycles. The first-order valence-corrected chi connectivity index (χ1v) is 6.23. The Balaban J connectivity index is 2.22. The highest BCUT2D eigenvalue weighted by Gasteiger charge is 2.06. The van der Waals surface area contributed by atoms with Gasteiger partial charge in [-0.25, -0.2) is 4.98 Å². The fourth-order valence-electron chi connectivity index (χ4n) is 1.60. The smallest absolute Gasteiger partial charge is 0.225 e. The number of aromatic nitrogens is 2. The molecule has 2 aromatic rings. The van der Waals surface area contributed by atoms with Crippen molar-refractivity contribution in [3.05, 3.63) is 30.5 Å². The Kier molecular flexibility index (Phi) is 4.60. The second-order valence-corrected chi connectivity index (χ2v) is 3.90. The Labute approximate surface area is 117 Å². The molecule has 0 aliphatic carbocycles. The molecule has 0 fully saturated rings. The van der Waals surface area contributed by atoms with Crippen molar-refractivity contribution in [3.8, 4) is 23.1 Å². The van der Waals surface area contributed by atoms with Crippen LogP contribution in [0.4, 0.5) is 5.95 Å². The van der Waals surface area contributed by atoms with Crippen LogP contribution in [0.1, 0.15) is 6.92 Å². The SMILES string of the molecule is CCNc1nccc(Oc2cc(OC)cc(OC)c2)n1. The van der Waals surface area contributed by atoms with Crippen LogP contribution in [-0.4, -0.2) is 30.7 Å². The van der Waals surface area contributed by atoms with Gasteiger partial charge >= 0.3 is 0 Å². The molecule has 1 heterocycles. The van der Waals surface area contributed by atoms with Crippen molar-refractivity contribution in [2.45, 2.75) is 6.92 Å². The molecule has 20 heavy (non-hydrogen) atoms. The van der Waals surface area contributed by atoms with Crippen molar-refractivity contribution in [2.75, 3.05) is 26.1 Å². The summed E-state index contributed by atoms with van der Waals surface area (Å²) in [6.45, 7) is 2.72. The number of rotatable bonds is 6. The van der Waals surface area contributed by atoms with Crippen molar-refractivity contribution in [3.63, 3.8) is 0 Å². The van der Waals surface area contributed by atoms with Crippen molar-refractivity contribution in [1.29, 1.82) is 0 Å². The normalized spacial score (nSPS) is 9.95. The zero-order valence-electron chi connectivity index (χ0n) is 11.7. The number of ether oxygens (including phenoxy) is 3. The molecule has 0 amide bonds. The van der Waals surface area contributed by atoms with E-state index in [1.807, 2.05) is 6.92 Å². The third-order valence-corrected chi connectivity index (χ3v) is 2.51. The van der Waals surface area contributed by atoms with Crippen LogP contribution in [0, 0.1) is 0 Å². The highest BCUT2D eigenvalue weighted by Crippen LogP contribution is 2.30. The number of anilines is 1. The summed E-state index contributed by atoms with van der Waals surface area (Å²) in [6.07, 6.45) is 1.64. The van der Waals surface area contributed by atoms with Gasteiger partial charge in [0.05, 0.1) is 14.2 Å². The molecular weight excluding hydrogens is 258 g/mol.